The number of benzene rings is 2. The van der Waals surface area contributed by atoms with E-state index < -0.39 is 46.8 Å². The van der Waals surface area contributed by atoms with Crippen LogP contribution >= 0.6 is 23.2 Å². The van der Waals surface area contributed by atoms with E-state index in [4.69, 9.17) is 23.2 Å². The Labute approximate surface area is 209 Å². The molecule has 11 heteroatoms. The Balaban J connectivity index is 1.53. The van der Waals surface area contributed by atoms with Crippen LogP contribution in [-0.4, -0.2) is 45.0 Å². The van der Waals surface area contributed by atoms with Gasteiger partial charge in [0.2, 0.25) is 0 Å². The molecule has 0 aromatic heterocycles. The number of nitro groups is 1. The molecule has 180 valence electrons. The smallest absolute Gasteiger partial charge is 0.273 e. The Morgan fingerprint density at radius 3 is 2.29 bits per heavy atom. The maximum absolute atomic E-state index is 13.6. The van der Waals surface area contributed by atoms with Gasteiger partial charge in [-0.25, -0.2) is 5.01 Å². The highest BCUT2D eigenvalue weighted by Gasteiger charge is 2.62. The molecule has 1 aliphatic heterocycles. The molecule has 0 radical (unpaired) electrons. The minimum Gasteiger partial charge on any atom is -0.292 e. The number of nitrogens with zero attached hydrogens (tertiary/aromatic N) is 3. The molecule has 2 aromatic carbocycles. The number of ketones is 1. The first kappa shape index (κ1) is 23.4. The van der Waals surface area contributed by atoms with Crippen molar-refractivity contribution in [3.8, 4) is 0 Å². The van der Waals surface area contributed by atoms with E-state index in [1.54, 1.807) is 0 Å². The van der Waals surface area contributed by atoms with Gasteiger partial charge in [-0.1, -0.05) is 29.3 Å². The number of non-ortho nitro benzene ring substituents is 1. The van der Waals surface area contributed by atoms with Gasteiger partial charge in [-0.05, 0) is 55.4 Å². The fourth-order valence-corrected chi connectivity index (χ4v) is 6.22. The van der Waals surface area contributed by atoms with Crippen molar-refractivity contribution in [2.24, 2.45) is 23.7 Å². The van der Waals surface area contributed by atoms with Gasteiger partial charge in [0.05, 0.1) is 21.8 Å². The van der Waals surface area contributed by atoms with E-state index in [1.165, 1.54) is 36.4 Å². The lowest BCUT2D eigenvalue weighted by molar-refractivity contribution is -0.384. The molecule has 3 aliphatic rings. The van der Waals surface area contributed by atoms with Gasteiger partial charge in [-0.3, -0.25) is 29.3 Å². The van der Waals surface area contributed by atoms with Crippen LogP contribution in [-0.2, 0) is 9.59 Å². The molecular weight excluding hydrogens is 497 g/mol. The molecule has 2 aromatic rings. The molecule has 3 amide bonds. The number of hydrogen-bond donors (Lipinski definition) is 0. The number of nitro benzene ring substituents is 1. The van der Waals surface area contributed by atoms with E-state index in [2.05, 4.69) is 0 Å². The van der Waals surface area contributed by atoms with Crippen LogP contribution in [0.5, 0.6) is 0 Å². The highest BCUT2D eigenvalue weighted by Crippen LogP contribution is 2.56. The molecule has 1 heterocycles. The van der Waals surface area contributed by atoms with Gasteiger partial charge in [0.25, 0.3) is 23.4 Å². The Kier molecular flexibility index (Phi) is 5.85. The van der Waals surface area contributed by atoms with Crippen LogP contribution in [0.4, 0.5) is 5.69 Å². The van der Waals surface area contributed by atoms with Crippen molar-refractivity contribution in [3.05, 3.63) is 73.8 Å². The van der Waals surface area contributed by atoms with Crippen LogP contribution in [0.2, 0.25) is 10.0 Å². The van der Waals surface area contributed by atoms with Crippen molar-refractivity contribution in [2.45, 2.75) is 19.3 Å². The number of rotatable bonds is 6. The summed E-state index contributed by atoms with van der Waals surface area (Å²) in [5.74, 6) is -3.41. The van der Waals surface area contributed by atoms with Crippen molar-refractivity contribution < 1.29 is 24.1 Å². The Morgan fingerprint density at radius 2 is 1.69 bits per heavy atom. The molecule has 0 N–H and O–H groups in total. The summed E-state index contributed by atoms with van der Waals surface area (Å²) in [6.45, 7) is -0.658. The molecule has 2 aliphatic carbocycles. The number of halogens is 2. The number of carbonyl (C=O) groups excluding carboxylic acids is 4. The number of amides is 3. The summed E-state index contributed by atoms with van der Waals surface area (Å²) in [7, 11) is 0. The van der Waals surface area contributed by atoms with Crippen molar-refractivity contribution in [2.75, 3.05) is 6.54 Å². The SMILES string of the molecule is O=C(CN(C(=O)c1cccc([N+](=O)[O-])c1)N1C(=O)[C@@H]2[C@H]3CC[C@@H](C3)[C@H]2C1=O)c1ccc(Cl)cc1Cl. The highest BCUT2D eigenvalue weighted by molar-refractivity contribution is 6.37. The van der Waals surface area contributed by atoms with Gasteiger partial charge in [0.15, 0.2) is 5.78 Å². The predicted octanol–water partition coefficient (Wildman–Crippen LogP) is 4.17. The van der Waals surface area contributed by atoms with Crippen molar-refractivity contribution in [3.63, 3.8) is 0 Å². The third-order valence-corrected chi connectivity index (χ3v) is 7.76. The van der Waals surface area contributed by atoms with Gasteiger partial charge >= 0.3 is 0 Å². The first-order valence-electron chi connectivity index (χ1n) is 11.1. The average Bonchev–Trinajstić information content (AvgIpc) is 3.51. The second-order valence-corrected chi connectivity index (χ2v) is 9.93. The van der Waals surface area contributed by atoms with E-state index in [9.17, 15) is 29.3 Å². The fourth-order valence-electron chi connectivity index (χ4n) is 5.70. The average molecular weight is 516 g/mol. The molecule has 9 nitrogen and oxygen atoms in total. The van der Waals surface area contributed by atoms with Crippen LogP contribution in [0.1, 0.15) is 40.0 Å². The maximum atomic E-state index is 13.6. The van der Waals surface area contributed by atoms with Crippen molar-refractivity contribution in [1.29, 1.82) is 0 Å². The number of hydrazine groups is 1. The Bertz CT molecular complexity index is 1270. The molecule has 3 fully saturated rings. The lowest BCUT2D eigenvalue weighted by atomic mass is 9.81. The summed E-state index contributed by atoms with van der Waals surface area (Å²) in [5, 5.41) is 13.2. The van der Waals surface area contributed by atoms with E-state index in [1.807, 2.05) is 0 Å². The number of hydrogen-bond acceptors (Lipinski definition) is 6. The van der Waals surface area contributed by atoms with Crippen LogP contribution in [0, 0.1) is 33.8 Å². The van der Waals surface area contributed by atoms with Gasteiger partial charge in [-0.15, -0.1) is 0 Å². The number of imide groups is 1. The summed E-state index contributed by atoms with van der Waals surface area (Å²) >= 11 is 12.1. The summed E-state index contributed by atoms with van der Waals surface area (Å²) in [6, 6.07) is 9.14. The molecule has 1 saturated heterocycles. The highest BCUT2D eigenvalue weighted by atomic mass is 35.5. The van der Waals surface area contributed by atoms with E-state index in [0.717, 1.165) is 35.3 Å². The zero-order valence-corrected chi connectivity index (χ0v) is 19.7. The molecule has 35 heavy (non-hydrogen) atoms. The minimum atomic E-state index is -0.874. The molecule has 0 unspecified atom stereocenters. The lowest BCUT2D eigenvalue weighted by Gasteiger charge is -2.30. The molecule has 2 saturated carbocycles. The lowest BCUT2D eigenvalue weighted by Crippen LogP contribution is -2.52. The molecule has 2 bridgehead atoms. The molecular formula is C24H19Cl2N3O6. The first-order valence-corrected chi connectivity index (χ1v) is 11.8. The minimum absolute atomic E-state index is 0.0548. The van der Waals surface area contributed by atoms with Crippen LogP contribution in [0.25, 0.3) is 0 Å². The molecule has 4 atom stereocenters. The number of fused-ring (bicyclic) bond motifs is 5. The number of carbonyl (C=O) groups is 4. The quantitative estimate of drug-likeness (QED) is 0.246. The maximum Gasteiger partial charge on any atom is 0.273 e. The van der Waals surface area contributed by atoms with Gasteiger partial charge in [0, 0.05) is 28.3 Å². The monoisotopic (exact) mass is 515 g/mol. The van der Waals surface area contributed by atoms with E-state index in [-0.39, 0.29) is 33.7 Å². The predicted molar refractivity (Wildman–Crippen MR) is 125 cm³/mol. The van der Waals surface area contributed by atoms with Gasteiger partial charge < -0.3 is 0 Å². The second kappa shape index (κ2) is 8.73. The van der Waals surface area contributed by atoms with Crippen molar-refractivity contribution >= 4 is 52.4 Å². The summed E-state index contributed by atoms with van der Waals surface area (Å²) in [6.07, 6.45) is 2.49. The summed E-state index contributed by atoms with van der Waals surface area (Å²) in [5.41, 5.74) is -0.404. The molecule has 5 rings (SSSR count). The first-order chi connectivity index (χ1) is 16.7. The zero-order chi connectivity index (χ0) is 25.0. The fraction of sp³-hybridized carbons (Fsp3) is 0.333. The summed E-state index contributed by atoms with van der Waals surface area (Å²) in [4.78, 5) is 64.1. The largest absolute Gasteiger partial charge is 0.292 e. The van der Waals surface area contributed by atoms with Crippen LogP contribution in [0.15, 0.2) is 42.5 Å². The molecule has 0 spiro atoms. The summed E-state index contributed by atoms with van der Waals surface area (Å²) < 4.78 is 0. The van der Waals surface area contributed by atoms with Gasteiger partial charge in [0.1, 0.15) is 6.54 Å². The van der Waals surface area contributed by atoms with Crippen molar-refractivity contribution in [1.82, 2.24) is 10.0 Å². The standard InChI is InChI=1S/C24H19Cl2N3O6/c25-15-6-7-17(18(26)10-15)19(30)11-27(22(31)14-2-1-3-16(9-14)29(34)35)28-23(32)20-12-4-5-13(8-12)21(20)24(28)33/h1-3,6-7,9-10,12-13,20-21H,4-5,8,11H2/t12-,13-,20+,21+/m0/s1. The van der Waals surface area contributed by atoms with Crippen LogP contribution < -0.4 is 0 Å². The topological polar surface area (TPSA) is 118 Å². The third-order valence-electron chi connectivity index (χ3n) is 7.21. The second-order valence-electron chi connectivity index (χ2n) is 9.09. The number of Topliss-reactive ketones (excluding diaryl/α,β-unsaturated/α-hetero) is 1. The van der Waals surface area contributed by atoms with Crippen LogP contribution in [0.3, 0.4) is 0 Å². The normalized spacial score (nSPS) is 24.6. The Morgan fingerprint density at radius 1 is 1.03 bits per heavy atom. The Hall–Kier alpha value is -3.30. The van der Waals surface area contributed by atoms with E-state index >= 15 is 0 Å². The van der Waals surface area contributed by atoms with E-state index in [0.29, 0.717) is 5.02 Å². The third kappa shape index (κ3) is 3.88. The van der Waals surface area contributed by atoms with Gasteiger partial charge in [-0.2, -0.15) is 5.01 Å². The zero-order valence-electron chi connectivity index (χ0n) is 18.2.